The van der Waals surface area contributed by atoms with E-state index in [1.807, 2.05) is 12.1 Å². The minimum atomic E-state index is -0.446. The molecule has 146 valence electrons. The molecule has 1 saturated heterocycles. The highest BCUT2D eigenvalue weighted by Crippen LogP contribution is 2.31. The molecule has 28 heavy (non-hydrogen) atoms. The molecule has 1 aliphatic heterocycles. The molecule has 7 nitrogen and oxygen atoms in total. The van der Waals surface area contributed by atoms with Crippen molar-refractivity contribution in [1.29, 1.82) is 0 Å². The molecule has 0 unspecified atom stereocenters. The summed E-state index contributed by atoms with van der Waals surface area (Å²) < 4.78 is 0. The average Bonchev–Trinajstić information content (AvgIpc) is 3.35. The summed E-state index contributed by atoms with van der Waals surface area (Å²) >= 11 is 0. The first-order valence-electron chi connectivity index (χ1n) is 9.77. The van der Waals surface area contributed by atoms with E-state index in [-0.39, 0.29) is 11.6 Å². The number of rotatable bonds is 7. The highest BCUT2D eigenvalue weighted by Gasteiger charge is 2.25. The van der Waals surface area contributed by atoms with Crippen molar-refractivity contribution in [2.75, 3.05) is 23.3 Å². The Kier molecular flexibility index (Phi) is 5.14. The van der Waals surface area contributed by atoms with Crippen molar-refractivity contribution in [1.82, 2.24) is 5.32 Å². The highest BCUT2D eigenvalue weighted by molar-refractivity contribution is 5.95. The summed E-state index contributed by atoms with van der Waals surface area (Å²) in [6.45, 7) is 2.58. The largest absolute Gasteiger partial charge is 0.377 e. The van der Waals surface area contributed by atoms with Crippen molar-refractivity contribution in [3.63, 3.8) is 0 Å². The molecule has 2 aromatic rings. The van der Waals surface area contributed by atoms with E-state index in [4.69, 9.17) is 0 Å². The van der Waals surface area contributed by atoms with E-state index in [0.717, 1.165) is 31.5 Å². The number of nitrogens with zero attached hydrogens (tertiary/aromatic N) is 2. The van der Waals surface area contributed by atoms with Crippen molar-refractivity contribution in [2.24, 2.45) is 0 Å². The average molecular weight is 380 g/mol. The molecule has 2 fully saturated rings. The zero-order chi connectivity index (χ0) is 19.5. The van der Waals surface area contributed by atoms with Crippen molar-refractivity contribution < 1.29 is 9.72 Å². The van der Waals surface area contributed by atoms with Crippen LogP contribution in [0.1, 0.15) is 41.6 Å². The quantitative estimate of drug-likeness (QED) is 0.565. The fourth-order valence-electron chi connectivity index (χ4n) is 3.48. The highest BCUT2D eigenvalue weighted by atomic mass is 16.6. The second kappa shape index (κ2) is 7.88. The molecule has 1 amide bonds. The Morgan fingerprint density at radius 2 is 1.82 bits per heavy atom. The zero-order valence-corrected chi connectivity index (χ0v) is 15.7. The third-order valence-electron chi connectivity index (χ3n) is 5.25. The van der Waals surface area contributed by atoms with Gasteiger partial charge in [0.2, 0.25) is 0 Å². The van der Waals surface area contributed by atoms with Crippen LogP contribution < -0.4 is 15.5 Å². The van der Waals surface area contributed by atoms with Crippen LogP contribution in [0.3, 0.4) is 0 Å². The molecule has 0 atom stereocenters. The molecule has 0 radical (unpaired) electrons. The molecule has 0 aromatic heterocycles. The van der Waals surface area contributed by atoms with E-state index < -0.39 is 4.92 Å². The van der Waals surface area contributed by atoms with Crippen molar-refractivity contribution in [3.05, 3.63) is 63.7 Å². The van der Waals surface area contributed by atoms with E-state index >= 15 is 0 Å². The van der Waals surface area contributed by atoms with Crippen LogP contribution in [0.4, 0.5) is 17.1 Å². The van der Waals surface area contributed by atoms with Crippen LogP contribution in [-0.2, 0) is 6.54 Å². The number of hydrogen-bond acceptors (Lipinski definition) is 5. The lowest BCUT2D eigenvalue weighted by Gasteiger charge is -2.17. The lowest BCUT2D eigenvalue weighted by Crippen LogP contribution is -2.23. The molecule has 2 aromatic carbocycles. The van der Waals surface area contributed by atoms with E-state index in [0.29, 0.717) is 23.8 Å². The van der Waals surface area contributed by atoms with Crippen LogP contribution in [0.15, 0.2) is 42.5 Å². The first-order chi connectivity index (χ1) is 13.6. The SMILES string of the molecule is O=C(NCc1ccc(N2CCCC2)cc1)c1ccc(NC2CC2)c([N+](=O)[O-])c1. The van der Waals surface area contributed by atoms with Gasteiger partial charge in [-0.05, 0) is 55.5 Å². The number of amides is 1. The van der Waals surface area contributed by atoms with E-state index in [9.17, 15) is 14.9 Å². The van der Waals surface area contributed by atoms with Gasteiger partial charge in [-0.1, -0.05) is 12.1 Å². The standard InChI is InChI=1S/C21H24N4O3/c26-21(16-5-10-19(23-17-6-7-17)20(13-16)25(27)28)22-14-15-3-8-18(9-4-15)24-11-1-2-12-24/h3-5,8-10,13,17,23H,1-2,6-7,11-12,14H2,(H,22,26). The Labute approximate surface area is 163 Å². The smallest absolute Gasteiger partial charge is 0.293 e. The molecular weight excluding hydrogens is 356 g/mol. The monoisotopic (exact) mass is 380 g/mol. The maximum Gasteiger partial charge on any atom is 0.293 e. The molecule has 0 spiro atoms. The molecular formula is C21H24N4O3. The Morgan fingerprint density at radius 3 is 2.46 bits per heavy atom. The van der Waals surface area contributed by atoms with Gasteiger partial charge in [-0.2, -0.15) is 0 Å². The maximum atomic E-state index is 12.5. The number of nitro groups is 1. The number of anilines is 2. The molecule has 1 aliphatic carbocycles. The van der Waals surface area contributed by atoms with Crippen LogP contribution >= 0.6 is 0 Å². The fourth-order valence-corrected chi connectivity index (χ4v) is 3.48. The lowest BCUT2D eigenvalue weighted by molar-refractivity contribution is -0.384. The van der Waals surface area contributed by atoms with Gasteiger partial charge in [-0.3, -0.25) is 14.9 Å². The second-order valence-corrected chi connectivity index (χ2v) is 7.45. The molecule has 4 rings (SSSR count). The third kappa shape index (κ3) is 4.24. The van der Waals surface area contributed by atoms with Crippen LogP contribution in [0.5, 0.6) is 0 Å². The minimum absolute atomic E-state index is 0.0606. The van der Waals surface area contributed by atoms with Gasteiger partial charge in [0.25, 0.3) is 11.6 Å². The van der Waals surface area contributed by atoms with E-state index in [1.165, 1.54) is 24.6 Å². The number of carbonyl (C=O) groups excluding carboxylic acids is 1. The predicted octanol–water partition coefficient (Wildman–Crippen LogP) is 3.70. The van der Waals surface area contributed by atoms with Crippen LogP contribution in [0.25, 0.3) is 0 Å². The number of hydrogen-bond donors (Lipinski definition) is 2. The third-order valence-corrected chi connectivity index (χ3v) is 5.25. The summed E-state index contributed by atoms with van der Waals surface area (Å²) in [7, 11) is 0. The number of nitrogens with one attached hydrogen (secondary N) is 2. The van der Waals surface area contributed by atoms with Crippen molar-refractivity contribution in [2.45, 2.75) is 38.3 Å². The summed E-state index contributed by atoms with van der Waals surface area (Å²) in [5.74, 6) is -0.315. The van der Waals surface area contributed by atoms with Gasteiger partial charge in [-0.15, -0.1) is 0 Å². The topological polar surface area (TPSA) is 87.5 Å². The van der Waals surface area contributed by atoms with E-state index in [2.05, 4.69) is 27.7 Å². The maximum absolute atomic E-state index is 12.5. The van der Waals surface area contributed by atoms with E-state index in [1.54, 1.807) is 12.1 Å². The van der Waals surface area contributed by atoms with Crippen molar-refractivity contribution >= 4 is 23.0 Å². The lowest BCUT2D eigenvalue weighted by atomic mass is 10.1. The number of benzene rings is 2. The minimum Gasteiger partial charge on any atom is -0.377 e. The van der Waals surface area contributed by atoms with Gasteiger partial charge < -0.3 is 15.5 Å². The summed E-state index contributed by atoms with van der Waals surface area (Å²) in [6, 6.07) is 13.1. The Hall–Kier alpha value is -3.09. The van der Waals surface area contributed by atoms with Gasteiger partial charge >= 0.3 is 0 Å². The Bertz CT molecular complexity index is 872. The molecule has 1 saturated carbocycles. The van der Waals surface area contributed by atoms with Crippen LogP contribution in [-0.4, -0.2) is 30.0 Å². The van der Waals surface area contributed by atoms with Gasteiger partial charge in [0.1, 0.15) is 5.69 Å². The summed E-state index contributed by atoms with van der Waals surface area (Å²) in [6.07, 6.45) is 4.52. The first-order valence-corrected chi connectivity index (χ1v) is 9.77. The van der Waals surface area contributed by atoms with Crippen molar-refractivity contribution in [3.8, 4) is 0 Å². The molecule has 2 N–H and O–H groups in total. The van der Waals surface area contributed by atoms with Gasteiger partial charge in [0.15, 0.2) is 0 Å². The summed E-state index contributed by atoms with van der Waals surface area (Å²) in [4.78, 5) is 25.7. The molecule has 1 heterocycles. The number of carbonyl (C=O) groups is 1. The molecule has 7 heteroatoms. The summed E-state index contributed by atoms with van der Waals surface area (Å²) in [5, 5.41) is 17.3. The fraction of sp³-hybridized carbons (Fsp3) is 0.381. The van der Waals surface area contributed by atoms with Crippen LogP contribution in [0.2, 0.25) is 0 Å². The Balaban J connectivity index is 1.39. The van der Waals surface area contributed by atoms with Gasteiger partial charge in [0, 0.05) is 43.0 Å². The number of nitro benzene ring substituents is 1. The summed E-state index contributed by atoms with van der Waals surface area (Å²) in [5.41, 5.74) is 2.91. The normalized spacial score (nSPS) is 16.1. The zero-order valence-electron chi connectivity index (χ0n) is 15.7. The predicted molar refractivity (Wildman–Crippen MR) is 109 cm³/mol. The second-order valence-electron chi connectivity index (χ2n) is 7.45. The molecule has 0 bridgehead atoms. The molecule has 2 aliphatic rings. The Morgan fingerprint density at radius 1 is 1.11 bits per heavy atom. The van der Waals surface area contributed by atoms with Gasteiger partial charge in [-0.25, -0.2) is 0 Å². The van der Waals surface area contributed by atoms with Gasteiger partial charge in [0.05, 0.1) is 4.92 Å². The first kappa shape index (κ1) is 18.3. The van der Waals surface area contributed by atoms with Crippen LogP contribution in [0, 0.1) is 10.1 Å².